The Kier molecular flexibility index (Phi) is 6.88. The molecule has 1 atom stereocenters. The minimum Gasteiger partial charge on any atom is -0.475 e. The Morgan fingerprint density at radius 2 is 2.04 bits per heavy atom. The Morgan fingerprint density at radius 3 is 2.59 bits per heavy atom. The zero-order valence-electron chi connectivity index (χ0n) is 15.5. The van der Waals surface area contributed by atoms with Crippen molar-refractivity contribution in [1.82, 2.24) is 14.9 Å². The number of ether oxygens (including phenoxy) is 2. The molecule has 0 aliphatic carbocycles. The summed E-state index contributed by atoms with van der Waals surface area (Å²) in [5, 5.41) is 6.20. The van der Waals surface area contributed by atoms with Crippen LogP contribution >= 0.6 is 0 Å². The van der Waals surface area contributed by atoms with Gasteiger partial charge in [-0.1, -0.05) is 5.16 Å². The van der Waals surface area contributed by atoms with Gasteiger partial charge in [0.1, 0.15) is 17.2 Å². The molecular formula is C16H22N4O6S. The third-order valence-corrected chi connectivity index (χ3v) is 5.29. The van der Waals surface area contributed by atoms with Gasteiger partial charge in [0.15, 0.2) is 5.76 Å². The molecule has 0 aliphatic rings. The van der Waals surface area contributed by atoms with E-state index < -0.39 is 22.0 Å². The molecule has 0 spiro atoms. The highest BCUT2D eigenvalue weighted by atomic mass is 32.2. The van der Waals surface area contributed by atoms with Gasteiger partial charge in [-0.05, 0) is 26.8 Å². The Hall–Kier alpha value is -2.50. The number of amides is 1. The topological polar surface area (TPSA) is 133 Å². The molecule has 0 saturated heterocycles. The summed E-state index contributed by atoms with van der Waals surface area (Å²) in [5.74, 6) is -0.00161. The Labute approximate surface area is 157 Å². The van der Waals surface area contributed by atoms with Crippen molar-refractivity contribution in [3.05, 3.63) is 29.8 Å². The lowest BCUT2D eigenvalue weighted by atomic mass is 10.3. The number of methoxy groups -OCH3 is 1. The van der Waals surface area contributed by atoms with Crippen LogP contribution in [0.5, 0.6) is 5.88 Å². The van der Waals surface area contributed by atoms with Gasteiger partial charge >= 0.3 is 0 Å². The molecule has 0 aromatic carbocycles. The molecule has 1 amide bonds. The van der Waals surface area contributed by atoms with Gasteiger partial charge in [0, 0.05) is 13.2 Å². The van der Waals surface area contributed by atoms with Crippen LogP contribution in [-0.4, -0.2) is 50.8 Å². The number of carbonyl (C=O) groups excluding carboxylic acids is 1. The summed E-state index contributed by atoms with van der Waals surface area (Å²) in [5.41, 5.74) is 0.628. The third-order valence-electron chi connectivity index (χ3n) is 3.50. The number of aryl methyl sites for hydroxylation is 2. The van der Waals surface area contributed by atoms with Gasteiger partial charge in [0.2, 0.25) is 21.8 Å². The van der Waals surface area contributed by atoms with Crippen LogP contribution in [0.15, 0.2) is 27.7 Å². The van der Waals surface area contributed by atoms with Gasteiger partial charge < -0.3 is 19.3 Å². The quantitative estimate of drug-likeness (QED) is 0.598. The van der Waals surface area contributed by atoms with E-state index in [1.165, 1.54) is 27.0 Å². The van der Waals surface area contributed by atoms with Crippen LogP contribution in [0.25, 0.3) is 0 Å². The summed E-state index contributed by atoms with van der Waals surface area (Å²) >= 11 is 0. The molecule has 2 aromatic rings. The maximum Gasteiger partial charge on any atom is 0.246 e. The number of hydrogen-bond acceptors (Lipinski definition) is 8. The first kappa shape index (κ1) is 20.8. The Morgan fingerprint density at radius 1 is 1.30 bits per heavy atom. The number of hydrogen-bond donors (Lipinski definition) is 2. The predicted molar refractivity (Wildman–Crippen MR) is 96.0 cm³/mol. The molecule has 2 rings (SSSR count). The fourth-order valence-electron chi connectivity index (χ4n) is 2.22. The standard InChI is InChI=1S/C16H22N4O6S/c1-10-15(12(3)26-19-10)27(22,23)20-11(2)16(21)18-13-5-6-14(17-9-13)25-8-7-24-4/h5-6,9,11,20H,7-8H2,1-4H3,(H,18,21)/t11-/m0/s1. The molecular weight excluding hydrogens is 376 g/mol. The average Bonchev–Trinajstić information content (AvgIpc) is 2.95. The van der Waals surface area contributed by atoms with Crippen molar-refractivity contribution < 1.29 is 27.2 Å². The molecule has 2 aromatic heterocycles. The first-order valence-corrected chi connectivity index (χ1v) is 9.56. The van der Waals surface area contributed by atoms with E-state index in [0.717, 1.165) is 0 Å². The highest BCUT2D eigenvalue weighted by molar-refractivity contribution is 7.89. The number of rotatable bonds is 9. The van der Waals surface area contributed by atoms with E-state index in [1.54, 1.807) is 19.2 Å². The molecule has 11 heteroatoms. The van der Waals surface area contributed by atoms with Crippen molar-refractivity contribution in [2.45, 2.75) is 31.7 Å². The molecule has 0 radical (unpaired) electrons. The minimum absolute atomic E-state index is 0.0682. The van der Waals surface area contributed by atoms with Gasteiger partial charge in [-0.25, -0.2) is 13.4 Å². The molecule has 0 bridgehead atoms. The number of pyridine rings is 1. The Bertz CT molecular complexity index is 859. The van der Waals surface area contributed by atoms with Gasteiger partial charge in [-0.15, -0.1) is 0 Å². The maximum atomic E-state index is 12.4. The van der Waals surface area contributed by atoms with E-state index in [1.807, 2.05) is 0 Å². The summed E-state index contributed by atoms with van der Waals surface area (Å²) in [4.78, 5) is 16.3. The lowest BCUT2D eigenvalue weighted by molar-refractivity contribution is -0.117. The van der Waals surface area contributed by atoms with Crippen LogP contribution in [-0.2, 0) is 19.6 Å². The molecule has 0 saturated carbocycles. The van der Waals surface area contributed by atoms with Crippen LogP contribution in [0.2, 0.25) is 0 Å². The number of carbonyl (C=O) groups is 1. The van der Waals surface area contributed by atoms with Gasteiger partial charge in [0.05, 0.1) is 24.5 Å². The second kappa shape index (κ2) is 8.93. The maximum absolute atomic E-state index is 12.4. The van der Waals surface area contributed by atoms with E-state index in [9.17, 15) is 13.2 Å². The predicted octanol–water partition coefficient (Wildman–Crippen LogP) is 1.02. The monoisotopic (exact) mass is 398 g/mol. The first-order chi connectivity index (χ1) is 12.7. The average molecular weight is 398 g/mol. The lowest BCUT2D eigenvalue weighted by Gasteiger charge is -2.14. The SMILES string of the molecule is COCCOc1ccc(NC(=O)[C@H](C)NS(=O)(=O)c2c(C)noc2C)cn1. The summed E-state index contributed by atoms with van der Waals surface area (Å²) < 4.78 is 42.3. The summed E-state index contributed by atoms with van der Waals surface area (Å²) in [6, 6.07) is 2.16. The normalized spacial score (nSPS) is 12.6. The van der Waals surface area contributed by atoms with E-state index in [-0.39, 0.29) is 16.3 Å². The van der Waals surface area contributed by atoms with E-state index in [4.69, 9.17) is 14.0 Å². The van der Waals surface area contributed by atoms with Gasteiger partial charge in [0.25, 0.3) is 0 Å². The van der Waals surface area contributed by atoms with E-state index >= 15 is 0 Å². The van der Waals surface area contributed by atoms with Crippen LogP contribution < -0.4 is 14.8 Å². The van der Waals surface area contributed by atoms with Crippen LogP contribution in [0, 0.1) is 13.8 Å². The third kappa shape index (κ3) is 5.49. The second-order valence-corrected chi connectivity index (χ2v) is 7.36. The summed E-state index contributed by atoms with van der Waals surface area (Å²) in [7, 11) is -2.38. The van der Waals surface area contributed by atoms with E-state index in [2.05, 4.69) is 20.2 Å². The highest BCUT2D eigenvalue weighted by Gasteiger charge is 2.28. The number of nitrogens with one attached hydrogen (secondary N) is 2. The van der Waals surface area contributed by atoms with Crippen LogP contribution in [0.3, 0.4) is 0 Å². The summed E-state index contributed by atoms with van der Waals surface area (Å²) in [6.07, 6.45) is 1.41. The fourth-order valence-corrected chi connectivity index (χ4v) is 3.76. The van der Waals surface area contributed by atoms with Crippen molar-refractivity contribution in [3.8, 4) is 5.88 Å². The van der Waals surface area contributed by atoms with Gasteiger partial charge in [-0.2, -0.15) is 4.72 Å². The Balaban J connectivity index is 1.97. The number of nitrogens with zero attached hydrogens (tertiary/aromatic N) is 2. The van der Waals surface area contributed by atoms with Crippen molar-refractivity contribution in [1.29, 1.82) is 0 Å². The van der Waals surface area contributed by atoms with Gasteiger partial charge in [-0.3, -0.25) is 4.79 Å². The smallest absolute Gasteiger partial charge is 0.246 e. The molecule has 148 valence electrons. The molecule has 10 nitrogen and oxygen atoms in total. The zero-order valence-corrected chi connectivity index (χ0v) is 16.3. The minimum atomic E-state index is -3.95. The first-order valence-electron chi connectivity index (χ1n) is 8.08. The molecule has 0 aliphatic heterocycles. The number of sulfonamides is 1. The van der Waals surface area contributed by atoms with Crippen LogP contribution in [0.1, 0.15) is 18.4 Å². The second-order valence-electron chi connectivity index (χ2n) is 5.71. The number of anilines is 1. The zero-order chi connectivity index (χ0) is 20.0. The summed E-state index contributed by atoms with van der Waals surface area (Å²) in [6.45, 7) is 5.22. The van der Waals surface area contributed by atoms with Crippen molar-refractivity contribution >= 4 is 21.6 Å². The van der Waals surface area contributed by atoms with Crippen molar-refractivity contribution in [2.75, 3.05) is 25.6 Å². The molecule has 27 heavy (non-hydrogen) atoms. The largest absolute Gasteiger partial charge is 0.475 e. The molecule has 2 heterocycles. The molecule has 2 N–H and O–H groups in total. The fraction of sp³-hybridized carbons (Fsp3) is 0.438. The van der Waals surface area contributed by atoms with E-state index in [0.29, 0.717) is 24.8 Å². The number of aromatic nitrogens is 2. The molecule has 0 fully saturated rings. The van der Waals surface area contributed by atoms with Crippen LogP contribution in [0.4, 0.5) is 5.69 Å². The highest BCUT2D eigenvalue weighted by Crippen LogP contribution is 2.19. The van der Waals surface area contributed by atoms with Crippen molar-refractivity contribution in [2.24, 2.45) is 0 Å². The lowest BCUT2D eigenvalue weighted by Crippen LogP contribution is -2.41. The molecule has 0 unspecified atom stereocenters. The van der Waals surface area contributed by atoms with Crippen molar-refractivity contribution in [3.63, 3.8) is 0 Å².